The van der Waals surface area contributed by atoms with E-state index in [4.69, 9.17) is 25.8 Å². The van der Waals surface area contributed by atoms with Crippen LogP contribution in [0.5, 0.6) is 5.75 Å². The maximum absolute atomic E-state index is 13.7. The van der Waals surface area contributed by atoms with E-state index in [0.717, 1.165) is 6.04 Å². The number of halogens is 3. The zero-order valence-corrected chi connectivity index (χ0v) is 29.5. The lowest BCUT2D eigenvalue weighted by atomic mass is 10.1. The summed E-state index contributed by atoms with van der Waals surface area (Å²) >= 11 is 7.81. The predicted molar refractivity (Wildman–Crippen MR) is 179 cm³/mol. The minimum atomic E-state index is -3.16. The quantitative estimate of drug-likeness (QED) is 0.0804. The molecule has 0 unspecified atom stereocenters. The number of thioether (sulfide) groups is 1. The molecular formula is C30H38ClF2N7O5SSi. The standard InChI is InChI=1S/C30H38ClF2N7O5SSi/c1-30(2,3)45-29(42)35-9-12-46-24-14-19(23(15-21(24)31)44-28(32)33)25-22(17-37-40(25)18-43-11-13-47(4,5)6)38-27(41)20-16-36-39-10-7-8-34-26(20)39/h7-8,10,14-17,28H,9,11-13,18H2,1-6H3,(H,35,42)(H,38,41). The Morgan fingerprint density at radius 3 is 2.62 bits per heavy atom. The number of fused-ring (bicyclic) bond motifs is 1. The number of anilines is 1. The van der Waals surface area contributed by atoms with Gasteiger partial charge in [-0.25, -0.2) is 19.0 Å². The fourth-order valence-corrected chi connectivity index (χ4v) is 6.11. The van der Waals surface area contributed by atoms with E-state index < -0.39 is 32.3 Å². The molecule has 0 saturated carbocycles. The minimum absolute atomic E-state index is 0.0208. The first-order chi connectivity index (χ1) is 22.1. The van der Waals surface area contributed by atoms with Crippen LogP contribution in [-0.4, -0.2) is 75.6 Å². The highest BCUT2D eigenvalue weighted by Crippen LogP contribution is 2.42. The van der Waals surface area contributed by atoms with Crippen molar-refractivity contribution in [1.29, 1.82) is 0 Å². The van der Waals surface area contributed by atoms with Crippen molar-refractivity contribution in [2.24, 2.45) is 0 Å². The summed E-state index contributed by atoms with van der Waals surface area (Å²) < 4.78 is 46.4. The molecule has 254 valence electrons. The lowest BCUT2D eigenvalue weighted by molar-refractivity contribution is -0.0495. The number of aromatic nitrogens is 5. The number of hydrogen-bond donors (Lipinski definition) is 2. The molecule has 17 heteroatoms. The maximum atomic E-state index is 13.7. The second-order valence-electron chi connectivity index (χ2n) is 12.6. The zero-order valence-electron chi connectivity index (χ0n) is 27.0. The highest BCUT2D eigenvalue weighted by molar-refractivity contribution is 7.99. The Labute approximate surface area is 281 Å². The summed E-state index contributed by atoms with van der Waals surface area (Å²) in [6.07, 6.45) is 5.43. The number of nitrogens with zero attached hydrogens (tertiary/aromatic N) is 5. The SMILES string of the molecule is CC(C)(C)OC(=O)NCCSc1cc(-c2c(NC(=O)c3cnn4cccnc34)cnn2COCC[Si](C)(C)C)c(OC(F)F)cc1Cl. The molecule has 0 fully saturated rings. The topological polar surface area (TPSA) is 134 Å². The summed E-state index contributed by atoms with van der Waals surface area (Å²) in [4.78, 5) is 30.3. The van der Waals surface area contributed by atoms with Crippen molar-refractivity contribution in [3.05, 3.63) is 53.6 Å². The average Bonchev–Trinajstić information content (AvgIpc) is 3.57. The summed E-state index contributed by atoms with van der Waals surface area (Å²) in [5.74, 6) is -0.372. The maximum Gasteiger partial charge on any atom is 0.407 e. The first-order valence-electron chi connectivity index (χ1n) is 14.7. The monoisotopic (exact) mass is 709 g/mol. The average molecular weight is 710 g/mol. The van der Waals surface area contributed by atoms with Gasteiger partial charge in [-0.3, -0.25) is 4.79 Å². The van der Waals surface area contributed by atoms with Gasteiger partial charge in [0.2, 0.25) is 0 Å². The molecule has 2 N–H and O–H groups in total. The van der Waals surface area contributed by atoms with Crippen LogP contribution in [0.3, 0.4) is 0 Å². The van der Waals surface area contributed by atoms with Gasteiger partial charge < -0.3 is 24.8 Å². The molecule has 4 aromatic rings. The fraction of sp³-hybridized carbons (Fsp3) is 0.433. The molecule has 0 spiro atoms. The number of nitrogens with one attached hydrogen (secondary N) is 2. The molecule has 0 aliphatic heterocycles. The van der Waals surface area contributed by atoms with Gasteiger partial charge in [0.05, 0.1) is 28.8 Å². The van der Waals surface area contributed by atoms with Crippen molar-refractivity contribution in [2.75, 3.05) is 24.2 Å². The van der Waals surface area contributed by atoms with Gasteiger partial charge in [0.1, 0.15) is 23.6 Å². The van der Waals surface area contributed by atoms with E-state index in [2.05, 4.69) is 45.5 Å². The van der Waals surface area contributed by atoms with Crippen molar-refractivity contribution in [2.45, 2.75) is 70.3 Å². The third kappa shape index (κ3) is 10.4. The Balaban J connectivity index is 1.67. The molecule has 4 rings (SSSR count). The molecular weight excluding hydrogens is 672 g/mol. The molecule has 12 nitrogen and oxygen atoms in total. The first kappa shape index (κ1) is 36.1. The summed E-state index contributed by atoms with van der Waals surface area (Å²) in [5, 5.41) is 14.3. The molecule has 47 heavy (non-hydrogen) atoms. The Morgan fingerprint density at radius 1 is 1.15 bits per heavy atom. The normalized spacial score (nSPS) is 12.0. The number of rotatable bonds is 14. The summed E-state index contributed by atoms with van der Waals surface area (Å²) in [5.41, 5.74) is 0.550. The van der Waals surface area contributed by atoms with E-state index in [1.807, 2.05) is 0 Å². The van der Waals surface area contributed by atoms with Crippen LogP contribution in [0.2, 0.25) is 30.7 Å². The van der Waals surface area contributed by atoms with Crippen molar-refractivity contribution in [3.63, 3.8) is 0 Å². The van der Waals surface area contributed by atoms with Crippen LogP contribution in [0.4, 0.5) is 19.3 Å². The fourth-order valence-electron chi connectivity index (χ4n) is 4.22. The van der Waals surface area contributed by atoms with Crippen molar-refractivity contribution < 1.29 is 32.6 Å². The molecule has 0 aliphatic rings. The second-order valence-corrected chi connectivity index (χ2v) is 19.8. The molecule has 0 aliphatic carbocycles. The van der Waals surface area contributed by atoms with Crippen LogP contribution >= 0.6 is 23.4 Å². The van der Waals surface area contributed by atoms with Gasteiger partial charge >= 0.3 is 12.7 Å². The second kappa shape index (κ2) is 15.4. The van der Waals surface area contributed by atoms with Gasteiger partial charge in [-0.05, 0) is 38.9 Å². The van der Waals surface area contributed by atoms with Crippen LogP contribution in [0.1, 0.15) is 31.1 Å². The lowest BCUT2D eigenvalue weighted by Gasteiger charge is -2.20. The van der Waals surface area contributed by atoms with Gasteiger partial charge in [0.25, 0.3) is 5.91 Å². The number of benzene rings is 1. The van der Waals surface area contributed by atoms with E-state index in [1.165, 1.54) is 39.4 Å². The number of alkyl carbamates (subject to hydrolysis) is 1. The van der Waals surface area contributed by atoms with Crippen molar-refractivity contribution >= 4 is 54.8 Å². The Morgan fingerprint density at radius 2 is 1.91 bits per heavy atom. The first-order valence-corrected chi connectivity index (χ1v) is 19.8. The van der Waals surface area contributed by atoms with Crippen LogP contribution in [0.25, 0.3) is 16.9 Å². The Bertz CT molecular complexity index is 1710. The van der Waals surface area contributed by atoms with Crippen LogP contribution in [0.15, 0.2) is 47.9 Å². The molecule has 0 radical (unpaired) electrons. The predicted octanol–water partition coefficient (Wildman–Crippen LogP) is 7.03. The Kier molecular flexibility index (Phi) is 11.9. The number of ether oxygens (including phenoxy) is 3. The highest BCUT2D eigenvalue weighted by Gasteiger charge is 2.25. The van der Waals surface area contributed by atoms with Gasteiger partial charge in [-0.2, -0.15) is 19.0 Å². The zero-order chi connectivity index (χ0) is 34.4. The number of alkyl halides is 2. The number of amides is 2. The lowest BCUT2D eigenvalue weighted by Crippen LogP contribution is -2.33. The third-order valence-electron chi connectivity index (χ3n) is 6.35. The van der Waals surface area contributed by atoms with Crippen molar-refractivity contribution in [3.8, 4) is 17.0 Å². The Hall–Kier alpha value is -3.73. The smallest absolute Gasteiger partial charge is 0.407 e. The minimum Gasteiger partial charge on any atom is -0.444 e. The summed E-state index contributed by atoms with van der Waals surface area (Å²) in [6.45, 7) is 9.50. The molecule has 0 bridgehead atoms. The summed E-state index contributed by atoms with van der Waals surface area (Å²) in [7, 11) is -1.40. The largest absolute Gasteiger partial charge is 0.444 e. The molecule has 3 aromatic heterocycles. The van der Waals surface area contributed by atoms with Gasteiger partial charge in [-0.1, -0.05) is 31.2 Å². The van der Waals surface area contributed by atoms with E-state index in [1.54, 1.807) is 45.3 Å². The van der Waals surface area contributed by atoms with Gasteiger partial charge in [0, 0.05) is 55.9 Å². The molecule has 0 atom stereocenters. The van der Waals surface area contributed by atoms with Gasteiger partial charge in [0.15, 0.2) is 5.65 Å². The van der Waals surface area contributed by atoms with Crippen LogP contribution < -0.4 is 15.4 Å². The number of carbonyl (C=O) groups excluding carboxylic acids is 2. The number of carbonyl (C=O) groups is 2. The highest BCUT2D eigenvalue weighted by atomic mass is 35.5. The van der Waals surface area contributed by atoms with Crippen LogP contribution in [-0.2, 0) is 16.2 Å². The summed E-state index contributed by atoms with van der Waals surface area (Å²) in [6, 6.07) is 5.45. The molecule has 3 heterocycles. The van der Waals surface area contributed by atoms with E-state index in [9.17, 15) is 18.4 Å². The van der Waals surface area contributed by atoms with Crippen LogP contribution in [0, 0.1) is 0 Å². The van der Waals surface area contributed by atoms with Gasteiger partial charge in [-0.15, -0.1) is 11.8 Å². The van der Waals surface area contributed by atoms with E-state index in [0.29, 0.717) is 22.9 Å². The van der Waals surface area contributed by atoms with Crippen molar-refractivity contribution in [1.82, 2.24) is 29.7 Å². The molecule has 0 saturated heterocycles. The van der Waals surface area contributed by atoms with E-state index >= 15 is 0 Å². The molecule has 1 aromatic carbocycles. The van der Waals surface area contributed by atoms with E-state index in [-0.39, 0.29) is 46.6 Å². The molecule has 2 amide bonds. The third-order valence-corrected chi connectivity index (χ3v) is 9.54. The number of hydrogen-bond acceptors (Lipinski definition) is 9.